The first-order valence-electron chi connectivity index (χ1n) is 7.80. The van der Waals surface area contributed by atoms with Crippen molar-refractivity contribution in [1.82, 2.24) is 9.78 Å². The van der Waals surface area contributed by atoms with Crippen molar-refractivity contribution < 1.29 is 14.3 Å². The molecule has 1 aromatic carbocycles. The van der Waals surface area contributed by atoms with Crippen LogP contribution in [-0.2, 0) is 16.6 Å². The van der Waals surface area contributed by atoms with Crippen LogP contribution in [-0.4, -0.2) is 27.8 Å². The van der Waals surface area contributed by atoms with Crippen LogP contribution < -0.4 is 5.32 Å². The predicted molar refractivity (Wildman–Crippen MR) is 92.1 cm³/mol. The normalized spacial score (nSPS) is 11.9. The van der Waals surface area contributed by atoms with Gasteiger partial charge in [0.05, 0.1) is 22.6 Å². The van der Waals surface area contributed by atoms with Gasteiger partial charge in [-0.1, -0.05) is 17.7 Å². The zero-order chi connectivity index (χ0) is 18.0. The average Bonchev–Trinajstić information content (AvgIpc) is 2.73. The van der Waals surface area contributed by atoms with Crippen molar-refractivity contribution in [3.8, 4) is 0 Å². The van der Waals surface area contributed by atoms with E-state index in [2.05, 4.69) is 10.4 Å². The summed E-state index contributed by atoms with van der Waals surface area (Å²) < 4.78 is 6.99. The Morgan fingerprint density at radius 1 is 1.21 bits per heavy atom. The molecule has 0 unspecified atom stereocenters. The van der Waals surface area contributed by atoms with E-state index in [1.54, 1.807) is 17.7 Å². The summed E-state index contributed by atoms with van der Waals surface area (Å²) in [6.07, 6.45) is -0.905. The molecule has 0 bridgehead atoms. The number of aryl methyl sites for hydroxylation is 4. The molecule has 1 heterocycles. The number of carbonyl (C=O) groups excluding carboxylic acids is 2. The number of rotatable bonds is 4. The Bertz CT molecular complexity index is 793. The first-order chi connectivity index (χ1) is 11.2. The van der Waals surface area contributed by atoms with E-state index in [0.717, 1.165) is 22.5 Å². The average molecular weight is 329 g/mol. The molecule has 0 spiro atoms. The highest BCUT2D eigenvalue weighted by Crippen LogP contribution is 2.19. The topological polar surface area (TPSA) is 73.2 Å². The number of carbonyl (C=O) groups is 2. The number of hydrogen-bond donors (Lipinski definition) is 1. The van der Waals surface area contributed by atoms with Gasteiger partial charge in [-0.3, -0.25) is 9.48 Å². The second-order valence-corrected chi connectivity index (χ2v) is 6.02. The lowest BCUT2D eigenvalue weighted by atomic mass is 10.1. The highest BCUT2D eigenvalue weighted by molar-refractivity contribution is 5.98. The lowest BCUT2D eigenvalue weighted by Crippen LogP contribution is -2.30. The van der Waals surface area contributed by atoms with Crippen LogP contribution in [0, 0.1) is 27.7 Å². The molecule has 0 aliphatic rings. The summed E-state index contributed by atoms with van der Waals surface area (Å²) in [4.78, 5) is 24.6. The van der Waals surface area contributed by atoms with Gasteiger partial charge >= 0.3 is 5.97 Å². The van der Waals surface area contributed by atoms with Gasteiger partial charge in [0.1, 0.15) is 0 Å². The molecule has 1 amide bonds. The zero-order valence-electron chi connectivity index (χ0n) is 14.9. The van der Waals surface area contributed by atoms with Crippen molar-refractivity contribution in [1.29, 1.82) is 0 Å². The number of benzene rings is 1. The number of anilines is 1. The zero-order valence-corrected chi connectivity index (χ0v) is 14.9. The fourth-order valence-electron chi connectivity index (χ4n) is 2.50. The van der Waals surface area contributed by atoms with Gasteiger partial charge in [-0.2, -0.15) is 5.10 Å². The standard InChI is InChI=1S/C18H23N3O3/c1-10-7-8-15(11(2)9-10)18(23)24-14(5)17(22)19-16-12(3)20-21(6)13(16)4/h7-9,14H,1-6H3,(H,19,22)/t14-/m0/s1. The summed E-state index contributed by atoms with van der Waals surface area (Å²) >= 11 is 0. The summed E-state index contributed by atoms with van der Waals surface area (Å²) in [5.41, 5.74) is 4.57. The molecule has 0 aliphatic carbocycles. The van der Waals surface area contributed by atoms with Crippen molar-refractivity contribution in [2.75, 3.05) is 5.32 Å². The Balaban J connectivity index is 2.07. The lowest BCUT2D eigenvalue weighted by molar-refractivity contribution is -0.123. The van der Waals surface area contributed by atoms with Crippen LogP contribution >= 0.6 is 0 Å². The smallest absolute Gasteiger partial charge is 0.339 e. The molecule has 0 aliphatic heterocycles. The number of esters is 1. The minimum absolute atomic E-state index is 0.382. The maximum absolute atomic E-state index is 12.3. The largest absolute Gasteiger partial charge is 0.449 e. The van der Waals surface area contributed by atoms with Gasteiger partial charge in [0.2, 0.25) is 0 Å². The summed E-state index contributed by atoms with van der Waals surface area (Å²) in [5.74, 6) is -0.887. The number of ether oxygens (including phenoxy) is 1. The van der Waals surface area contributed by atoms with Gasteiger partial charge in [0.25, 0.3) is 5.91 Å². The molecule has 6 nitrogen and oxygen atoms in total. The highest BCUT2D eigenvalue weighted by atomic mass is 16.5. The van der Waals surface area contributed by atoms with Gasteiger partial charge in [-0.05, 0) is 46.2 Å². The molecule has 0 saturated carbocycles. The van der Waals surface area contributed by atoms with Crippen LogP contribution in [0.15, 0.2) is 18.2 Å². The third-order valence-corrected chi connectivity index (χ3v) is 4.01. The number of amides is 1. The minimum atomic E-state index is -0.905. The van der Waals surface area contributed by atoms with Crippen molar-refractivity contribution in [2.45, 2.75) is 40.7 Å². The van der Waals surface area contributed by atoms with E-state index < -0.39 is 12.1 Å². The number of aromatic nitrogens is 2. The van der Waals surface area contributed by atoms with Crippen LogP contribution in [0.25, 0.3) is 0 Å². The van der Waals surface area contributed by atoms with E-state index in [-0.39, 0.29) is 5.91 Å². The van der Waals surface area contributed by atoms with Crippen LogP contribution in [0.1, 0.15) is 39.8 Å². The molecule has 0 fully saturated rings. The van der Waals surface area contributed by atoms with Crippen LogP contribution in [0.3, 0.4) is 0 Å². The number of hydrogen-bond acceptors (Lipinski definition) is 4. The SMILES string of the molecule is Cc1ccc(C(=O)O[C@@H](C)C(=O)Nc2c(C)nn(C)c2C)c(C)c1. The van der Waals surface area contributed by atoms with Gasteiger partial charge in [0.15, 0.2) is 6.10 Å². The van der Waals surface area contributed by atoms with Gasteiger partial charge in [0, 0.05) is 7.05 Å². The van der Waals surface area contributed by atoms with Gasteiger partial charge < -0.3 is 10.1 Å². The molecular formula is C18H23N3O3. The van der Waals surface area contributed by atoms with Crippen LogP contribution in [0.2, 0.25) is 0 Å². The monoisotopic (exact) mass is 329 g/mol. The maximum atomic E-state index is 12.3. The van der Waals surface area contributed by atoms with E-state index in [0.29, 0.717) is 11.3 Å². The van der Waals surface area contributed by atoms with Crippen molar-refractivity contribution in [3.05, 3.63) is 46.3 Å². The molecule has 1 N–H and O–H groups in total. The fourth-order valence-corrected chi connectivity index (χ4v) is 2.50. The number of nitrogens with one attached hydrogen (secondary N) is 1. The molecular weight excluding hydrogens is 306 g/mol. The summed E-state index contributed by atoms with van der Waals surface area (Å²) in [7, 11) is 1.81. The molecule has 1 aromatic heterocycles. The first kappa shape index (κ1) is 17.7. The first-order valence-corrected chi connectivity index (χ1v) is 7.80. The molecule has 6 heteroatoms. The van der Waals surface area contributed by atoms with Crippen molar-refractivity contribution in [3.63, 3.8) is 0 Å². The summed E-state index contributed by atoms with van der Waals surface area (Å²) in [6, 6.07) is 5.47. The number of nitrogens with zero attached hydrogens (tertiary/aromatic N) is 2. The second-order valence-electron chi connectivity index (χ2n) is 6.02. The quantitative estimate of drug-likeness (QED) is 0.876. The summed E-state index contributed by atoms with van der Waals surface area (Å²) in [5, 5.41) is 7.03. The maximum Gasteiger partial charge on any atom is 0.339 e. The van der Waals surface area contributed by atoms with Crippen molar-refractivity contribution >= 4 is 17.6 Å². The summed E-state index contributed by atoms with van der Waals surface area (Å²) in [6.45, 7) is 9.03. The third-order valence-electron chi connectivity index (χ3n) is 4.01. The Morgan fingerprint density at radius 3 is 2.42 bits per heavy atom. The Kier molecular flexibility index (Phi) is 5.07. The van der Waals surface area contributed by atoms with E-state index in [1.807, 2.05) is 46.9 Å². The van der Waals surface area contributed by atoms with Crippen molar-refractivity contribution in [2.24, 2.45) is 7.05 Å². The third kappa shape index (κ3) is 3.64. The fraction of sp³-hybridized carbons (Fsp3) is 0.389. The molecule has 128 valence electrons. The Labute approximate surface area is 141 Å². The predicted octanol–water partition coefficient (Wildman–Crippen LogP) is 2.84. The second kappa shape index (κ2) is 6.86. The Morgan fingerprint density at radius 2 is 1.88 bits per heavy atom. The van der Waals surface area contributed by atoms with Gasteiger partial charge in [-0.25, -0.2) is 4.79 Å². The highest BCUT2D eigenvalue weighted by Gasteiger charge is 2.22. The van der Waals surface area contributed by atoms with E-state index >= 15 is 0 Å². The van der Waals surface area contributed by atoms with Crippen LogP contribution in [0.5, 0.6) is 0 Å². The molecule has 24 heavy (non-hydrogen) atoms. The molecule has 2 rings (SSSR count). The van der Waals surface area contributed by atoms with E-state index in [1.165, 1.54) is 0 Å². The van der Waals surface area contributed by atoms with E-state index in [4.69, 9.17) is 4.74 Å². The lowest BCUT2D eigenvalue weighted by Gasteiger charge is -2.15. The molecule has 0 radical (unpaired) electrons. The van der Waals surface area contributed by atoms with E-state index in [9.17, 15) is 9.59 Å². The molecule has 2 aromatic rings. The van der Waals surface area contributed by atoms with Gasteiger partial charge in [-0.15, -0.1) is 0 Å². The minimum Gasteiger partial charge on any atom is -0.449 e. The van der Waals surface area contributed by atoms with Crippen LogP contribution in [0.4, 0.5) is 5.69 Å². The molecule has 1 atom stereocenters. The molecule has 0 saturated heterocycles. The Hall–Kier alpha value is -2.63.